The Hall–Kier alpha value is -0.900. The molecule has 0 bridgehead atoms. The molecule has 0 heterocycles. The van der Waals surface area contributed by atoms with E-state index >= 15 is 0 Å². The third-order valence-corrected chi connectivity index (χ3v) is 1.23. The summed E-state index contributed by atoms with van der Waals surface area (Å²) >= 11 is 0. The zero-order valence-electron chi connectivity index (χ0n) is 6.62. The van der Waals surface area contributed by atoms with Gasteiger partial charge in [0.05, 0.1) is 13.1 Å². The van der Waals surface area contributed by atoms with Crippen LogP contribution in [0.5, 0.6) is 0 Å². The van der Waals surface area contributed by atoms with Crippen LogP contribution in [0, 0.1) is 0 Å². The molecular formula is C7H13NO3. The number of carboxylic acid groups (broad SMARTS) is 1. The lowest BCUT2D eigenvalue weighted by Crippen LogP contribution is -2.31. The maximum Gasteiger partial charge on any atom is 0.317 e. The van der Waals surface area contributed by atoms with Crippen molar-refractivity contribution in [3.8, 4) is 0 Å². The molecule has 0 saturated heterocycles. The second-order valence-corrected chi connectivity index (χ2v) is 2.30. The van der Waals surface area contributed by atoms with E-state index in [0.717, 1.165) is 12.7 Å². The average molecular weight is 159 g/mol. The summed E-state index contributed by atoms with van der Waals surface area (Å²) in [5.74, 6) is -0.889. The van der Waals surface area contributed by atoms with Gasteiger partial charge in [-0.2, -0.15) is 0 Å². The van der Waals surface area contributed by atoms with E-state index in [1.807, 2.05) is 6.92 Å². The minimum Gasteiger partial charge on any atom is -0.480 e. The Labute approximate surface area is 65.8 Å². The molecule has 0 unspecified atom stereocenters. The molecule has 11 heavy (non-hydrogen) atoms. The Morgan fingerprint density at radius 2 is 2.27 bits per heavy atom. The monoisotopic (exact) mass is 159 g/mol. The second-order valence-electron chi connectivity index (χ2n) is 2.30. The Morgan fingerprint density at radius 1 is 1.64 bits per heavy atom. The molecule has 0 fully saturated rings. The Morgan fingerprint density at radius 3 is 2.64 bits per heavy atom. The van der Waals surface area contributed by atoms with Gasteiger partial charge in [-0.1, -0.05) is 6.92 Å². The van der Waals surface area contributed by atoms with E-state index in [1.54, 1.807) is 4.90 Å². The topological polar surface area (TPSA) is 57.6 Å². The third-order valence-electron chi connectivity index (χ3n) is 1.23. The summed E-state index contributed by atoms with van der Waals surface area (Å²) < 4.78 is 0. The summed E-state index contributed by atoms with van der Waals surface area (Å²) in [6.07, 6.45) is 1.58. The number of carbonyl (C=O) groups excluding carboxylic acids is 1. The maximum absolute atomic E-state index is 10.2. The lowest BCUT2D eigenvalue weighted by Gasteiger charge is -2.14. The van der Waals surface area contributed by atoms with Crippen molar-refractivity contribution in [3.63, 3.8) is 0 Å². The first-order chi connectivity index (χ1) is 5.20. The SMILES string of the molecule is CCCN(CC=O)CC(=O)O. The van der Waals surface area contributed by atoms with Gasteiger partial charge in [-0.3, -0.25) is 9.69 Å². The molecule has 0 radical (unpaired) electrons. The van der Waals surface area contributed by atoms with Gasteiger partial charge >= 0.3 is 5.97 Å². The van der Waals surface area contributed by atoms with Crippen LogP contribution < -0.4 is 0 Å². The van der Waals surface area contributed by atoms with Gasteiger partial charge < -0.3 is 9.90 Å². The second kappa shape index (κ2) is 5.85. The summed E-state index contributed by atoms with van der Waals surface area (Å²) in [5, 5.41) is 8.38. The van der Waals surface area contributed by atoms with E-state index in [-0.39, 0.29) is 13.1 Å². The Bertz CT molecular complexity index is 136. The molecule has 0 aromatic carbocycles. The zero-order chi connectivity index (χ0) is 8.69. The number of aliphatic carboxylic acids is 1. The number of aldehydes is 1. The molecule has 0 aromatic rings. The predicted molar refractivity (Wildman–Crippen MR) is 40.4 cm³/mol. The Kier molecular flexibility index (Phi) is 5.37. The van der Waals surface area contributed by atoms with Crippen LogP contribution >= 0.6 is 0 Å². The van der Waals surface area contributed by atoms with Crippen LogP contribution in [0.15, 0.2) is 0 Å². The minimum absolute atomic E-state index is 0.0490. The molecule has 0 aliphatic carbocycles. The standard InChI is InChI=1S/C7H13NO3/c1-2-3-8(4-5-9)6-7(10)11/h5H,2-4,6H2,1H3,(H,10,11). The van der Waals surface area contributed by atoms with Gasteiger partial charge in [0.25, 0.3) is 0 Å². The number of carbonyl (C=O) groups is 2. The van der Waals surface area contributed by atoms with Gasteiger partial charge in [-0.25, -0.2) is 0 Å². The van der Waals surface area contributed by atoms with Crippen molar-refractivity contribution < 1.29 is 14.7 Å². The summed E-state index contributed by atoms with van der Waals surface area (Å²) in [6.45, 7) is 2.76. The highest BCUT2D eigenvalue weighted by molar-refractivity contribution is 5.69. The highest BCUT2D eigenvalue weighted by atomic mass is 16.4. The fraction of sp³-hybridized carbons (Fsp3) is 0.714. The molecule has 0 aliphatic heterocycles. The predicted octanol–water partition coefficient (Wildman–Crippen LogP) is -0.0181. The van der Waals surface area contributed by atoms with E-state index < -0.39 is 5.97 Å². The van der Waals surface area contributed by atoms with E-state index in [1.165, 1.54) is 0 Å². The van der Waals surface area contributed by atoms with E-state index in [2.05, 4.69) is 0 Å². The van der Waals surface area contributed by atoms with Crippen molar-refractivity contribution in [1.82, 2.24) is 4.90 Å². The summed E-state index contributed by atoms with van der Waals surface area (Å²) in [6, 6.07) is 0. The molecule has 4 heteroatoms. The molecule has 64 valence electrons. The van der Waals surface area contributed by atoms with Crippen molar-refractivity contribution in [3.05, 3.63) is 0 Å². The van der Waals surface area contributed by atoms with E-state index in [9.17, 15) is 9.59 Å². The van der Waals surface area contributed by atoms with E-state index in [4.69, 9.17) is 5.11 Å². The fourth-order valence-corrected chi connectivity index (χ4v) is 0.848. The smallest absolute Gasteiger partial charge is 0.317 e. The number of nitrogens with zero attached hydrogens (tertiary/aromatic N) is 1. The average Bonchev–Trinajstić information content (AvgIpc) is 1.87. The molecule has 0 spiro atoms. The molecule has 1 N–H and O–H groups in total. The van der Waals surface area contributed by atoms with Crippen LogP contribution in [0.4, 0.5) is 0 Å². The molecular weight excluding hydrogens is 146 g/mol. The first kappa shape index (κ1) is 10.1. The van der Waals surface area contributed by atoms with Crippen molar-refractivity contribution in [2.24, 2.45) is 0 Å². The van der Waals surface area contributed by atoms with Crippen LogP contribution in [-0.4, -0.2) is 41.9 Å². The number of hydrogen-bond donors (Lipinski definition) is 1. The molecule has 0 saturated carbocycles. The van der Waals surface area contributed by atoms with Crippen LogP contribution in [0.25, 0.3) is 0 Å². The van der Waals surface area contributed by atoms with E-state index in [0.29, 0.717) is 6.54 Å². The van der Waals surface area contributed by atoms with Gasteiger partial charge in [0, 0.05) is 0 Å². The molecule has 0 aliphatic rings. The van der Waals surface area contributed by atoms with Crippen molar-refractivity contribution in [2.75, 3.05) is 19.6 Å². The maximum atomic E-state index is 10.2. The lowest BCUT2D eigenvalue weighted by molar-refractivity contribution is -0.138. The minimum atomic E-state index is -0.889. The number of hydrogen-bond acceptors (Lipinski definition) is 3. The Balaban J connectivity index is 3.67. The largest absolute Gasteiger partial charge is 0.480 e. The summed E-state index contributed by atoms with van der Waals surface area (Å²) in [4.78, 5) is 21.8. The summed E-state index contributed by atoms with van der Waals surface area (Å²) in [5.41, 5.74) is 0. The van der Waals surface area contributed by atoms with Gasteiger partial charge in [0.15, 0.2) is 0 Å². The fourth-order valence-electron chi connectivity index (χ4n) is 0.848. The van der Waals surface area contributed by atoms with Crippen LogP contribution in [0.2, 0.25) is 0 Å². The van der Waals surface area contributed by atoms with Gasteiger partial charge in [0.1, 0.15) is 6.29 Å². The molecule has 0 aromatic heterocycles. The van der Waals surface area contributed by atoms with Gasteiger partial charge in [-0.05, 0) is 13.0 Å². The lowest BCUT2D eigenvalue weighted by atomic mass is 10.4. The zero-order valence-corrected chi connectivity index (χ0v) is 6.62. The van der Waals surface area contributed by atoms with Crippen LogP contribution in [0.3, 0.4) is 0 Å². The molecule has 0 rings (SSSR count). The van der Waals surface area contributed by atoms with Crippen LogP contribution in [-0.2, 0) is 9.59 Å². The highest BCUT2D eigenvalue weighted by Crippen LogP contribution is 1.88. The molecule has 4 nitrogen and oxygen atoms in total. The number of rotatable bonds is 6. The highest BCUT2D eigenvalue weighted by Gasteiger charge is 2.06. The van der Waals surface area contributed by atoms with Crippen LogP contribution in [0.1, 0.15) is 13.3 Å². The van der Waals surface area contributed by atoms with Crippen molar-refractivity contribution in [2.45, 2.75) is 13.3 Å². The van der Waals surface area contributed by atoms with Crippen molar-refractivity contribution in [1.29, 1.82) is 0 Å². The summed E-state index contributed by atoms with van der Waals surface area (Å²) in [7, 11) is 0. The van der Waals surface area contributed by atoms with Crippen molar-refractivity contribution >= 4 is 12.3 Å². The quantitative estimate of drug-likeness (QED) is 0.553. The first-order valence-corrected chi connectivity index (χ1v) is 3.58. The normalized spacial score (nSPS) is 10.0. The number of carboxylic acids is 1. The molecule has 0 atom stereocenters. The van der Waals surface area contributed by atoms with Gasteiger partial charge in [0.2, 0.25) is 0 Å². The van der Waals surface area contributed by atoms with Gasteiger partial charge in [-0.15, -0.1) is 0 Å². The third kappa shape index (κ3) is 5.54. The molecule has 0 amide bonds. The first-order valence-electron chi connectivity index (χ1n) is 3.58.